The van der Waals surface area contributed by atoms with Crippen LogP contribution in [-0.2, 0) is 11.2 Å². The van der Waals surface area contributed by atoms with Crippen molar-refractivity contribution in [2.75, 3.05) is 17.2 Å². The maximum Gasteiger partial charge on any atom is 0.272 e. The predicted octanol–water partition coefficient (Wildman–Crippen LogP) is 3.61. The minimum atomic E-state index is -0.799. The van der Waals surface area contributed by atoms with Gasteiger partial charge in [0, 0.05) is 12.2 Å². The first kappa shape index (κ1) is 26.3. The summed E-state index contributed by atoms with van der Waals surface area (Å²) in [6.07, 6.45) is 2.14. The number of nitrogen functional groups attached to an aromatic ring is 1. The standard InChI is InChI=1S/C24H35N5O3S/c1-6-16-7-9-17(10-8-16)29(24(32)21-19(25)20(22(26)30)28-33-21)18(13-15(4)5)23(31)27-12-11-14(2)3/h7-10,14-15,18H,6,11-13,25H2,1-5H3,(H2,26,30)(H,27,31). The monoisotopic (exact) mass is 473 g/mol. The molecule has 3 amide bonds. The Bertz CT molecular complexity index is 969. The van der Waals surface area contributed by atoms with Crippen LogP contribution in [0.15, 0.2) is 24.3 Å². The number of nitrogens with two attached hydrogens (primary N) is 2. The maximum absolute atomic E-state index is 13.8. The lowest BCUT2D eigenvalue weighted by Crippen LogP contribution is -2.51. The molecule has 0 spiro atoms. The fraction of sp³-hybridized carbons (Fsp3) is 0.500. The summed E-state index contributed by atoms with van der Waals surface area (Å²) in [5.41, 5.74) is 12.9. The molecule has 1 unspecified atom stereocenters. The van der Waals surface area contributed by atoms with Gasteiger partial charge in [0.05, 0.1) is 5.69 Å². The number of hydrogen-bond donors (Lipinski definition) is 3. The Morgan fingerprint density at radius 1 is 1.09 bits per heavy atom. The number of nitrogens with one attached hydrogen (secondary N) is 1. The molecular weight excluding hydrogens is 438 g/mol. The number of amides is 3. The average molecular weight is 474 g/mol. The fourth-order valence-corrected chi connectivity index (χ4v) is 4.19. The first-order valence-corrected chi connectivity index (χ1v) is 12.1. The number of aromatic nitrogens is 1. The highest BCUT2D eigenvalue weighted by Gasteiger charge is 2.35. The Balaban J connectivity index is 2.53. The Morgan fingerprint density at radius 3 is 2.21 bits per heavy atom. The van der Waals surface area contributed by atoms with Crippen LogP contribution in [-0.4, -0.2) is 34.7 Å². The summed E-state index contributed by atoms with van der Waals surface area (Å²) in [6, 6.07) is 6.78. The highest BCUT2D eigenvalue weighted by molar-refractivity contribution is 7.09. The number of benzene rings is 1. The van der Waals surface area contributed by atoms with E-state index in [-0.39, 0.29) is 28.1 Å². The molecule has 0 aliphatic rings. The summed E-state index contributed by atoms with van der Waals surface area (Å²) in [5.74, 6) is -0.915. The molecule has 0 fully saturated rings. The van der Waals surface area contributed by atoms with E-state index in [0.29, 0.717) is 24.6 Å². The Labute approximate surface area is 199 Å². The molecule has 0 saturated carbocycles. The van der Waals surface area contributed by atoms with Crippen molar-refractivity contribution in [3.63, 3.8) is 0 Å². The predicted molar refractivity (Wildman–Crippen MR) is 133 cm³/mol. The maximum atomic E-state index is 13.8. The van der Waals surface area contributed by atoms with Crippen LogP contribution in [0.4, 0.5) is 11.4 Å². The van der Waals surface area contributed by atoms with E-state index in [2.05, 4.69) is 23.5 Å². The number of anilines is 2. The van der Waals surface area contributed by atoms with Crippen molar-refractivity contribution in [2.45, 2.75) is 59.9 Å². The van der Waals surface area contributed by atoms with Gasteiger partial charge in [0.1, 0.15) is 10.9 Å². The molecule has 8 nitrogen and oxygen atoms in total. The molecule has 33 heavy (non-hydrogen) atoms. The highest BCUT2D eigenvalue weighted by Crippen LogP contribution is 2.29. The Morgan fingerprint density at radius 2 is 1.73 bits per heavy atom. The molecule has 1 aromatic carbocycles. The first-order chi connectivity index (χ1) is 15.6. The normalized spacial score (nSPS) is 12.1. The summed E-state index contributed by atoms with van der Waals surface area (Å²) in [6.45, 7) is 10.8. The molecule has 9 heteroatoms. The molecule has 0 aliphatic carbocycles. The van der Waals surface area contributed by atoms with Gasteiger partial charge in [0.25, 0.3) is 11.8 Å². The van der Waals surface area contributed by atoms with Crippen LogP contribution in [0.1, 0.15) is 73.2 Å². The van der Waals surface area contributed by atoms with Gasteiger partial charge in [0.2, 0.25) is 5.91 Å². The average Bonchev–Trinajstić information content (AvgIpc) is 3.14. The number of rotatable bonds is 11. The van der Waals surface area contributed by atoms with E-state index in [9.17, 15) is 14.4 Å². The fourth-order valence-electron chi connectivity index (χ4n) is 3.45. The molecule has 1 heterocycles. The van der Waals surface area contributed by atoms with Crippen LogP contribution in [0, 0.1) is 11.8 Å². The molecule has 1 atom stereocenters. The van der Waals surface area contributed by atoms with Crippen LogP contribution in [0.5, 0.6) is 0 Å². The van der Waals surface area contributed by atoms with E-state index in [0.717, 1.165) is 29.9 Å². The molecule has 180 valence electrons. The zero-order chi connectivity index (χ0) is 24.7. The van der Waals surface area contributed by atoms with E-state index in [4.69, 9.17) is 11.5 Å². The van der Waals surface area contributed by atoms with Gasteiger partial charge >= 0.3 is 0 Å². The van der Waals surface area contributed by atoms with Gasteiger partial charge in [-0.1, -0.05) is 46.8 Å². The van der Waals surface area contributed by atoms with Gasteiger partial charge in [-0.05, 0) is 60.3 Å². The zero-order valence-corrected chi connectivity index (χ0v) is 20.9. The van der Waals surface area contributed by atoms with Crippen molar-refractivity contribution in [3.8, 4) is 0 Å². The van der Waals surface area contributed by atoms with Crippen LogP contribution in [0.2, 0.25) is 0 Å². The van der Waals surface area contributed by atoms with E-state index in [1.165, 1.54) is 4.90 Å². The van der Waals surface area contributed by atoms with E-state index in [1.807, 2.05) is 45.0 Å². The molecule has 2 rings (SSSR count). The quantitative estimate of drug-likeness (QED) is 0.459. The van der Waals surface area contributed by atoms with Crippen LogP contribution in [0.25, 0.3) is 0 Å². The topological polar surface area (TPSA) is 131 Å². The van der Waals surface area contributed by atoms with E-state index in [1.54, 1.807) is 0 Å². The molecule has 0 saturated heterocycles. The van der Waals surface area contributed by atoms with E-state index >= 15 is 0 Å². The molecule has 2 aromatic rings. The largest absolute Gasteiger partial charge is 0.395 e. The number of carbonyl (C=O) groups is 3. The van der Waals surface area contributed by atoms with Crippen LogP contribution in [0.3, 0.4) is 0 Å². The Hall–Kier alpha value is -2.94. The van der Waals surface area contributed by atoms with Crippen molar-refractivity contribution in [1.82, 2.24) is 9.69 Å². The molecule has 5 N–H and O–H groups in total. The molecular formula is C24H35N5O3S. The smallest absolute Gasteiger partial charge is 0.272 e. The van der Waals surface area contributed by atoms with Crippen LogP contribution >= 0.6 is 11.5 Å². The third-order valence-corrected chi connectivity index (χ3v) is 6.18. The molecule has 0 aliphatic heterocycles. The number of primary amides is 1. The van der Waals surface area contributed by atoms with Gasteiger partial charge < -0.3 is 16.8 Å². The summed E-state index contributed by atoms with van der Waals surface area (Å²) >= 11 is 0.814. The number of carbonyl (C=O) groups excluding carboxylic acids is 3. The van der Waals surface area contributed by atoms with Gasteiger partial charge in [-0.2, -0.15) is 4.37 Å². The van der Waals surface area contributed by atoms with Crippen molar-refractivity contribution in [1.29, 1.82) is 0 Å². The number of nitrogens with zero attached hydrogens (tertiary/aromatic N) is 2. The number of hydrogen-bond acceptors (Lipinski definition) is 6. The Kier molecular flexibility index (Phi) is 9.40. The van der Waals surface area contributed by atoms with Gasteiger partial charge in [-0.25, -0.2) is 0 Å². The minimum absolute atomic E-state index is 0.0591. The second kappa shape index (κ2) is 11.8. The van der Waals surface area contributed by atoms with E-state index < -0.39 is 17.9 Å². The van der Waals surface area contributed by atoms with Crippen molar-refractivity contribution >= 4 is 40.6 Å². The van der Waals surface area contributed by atoms with Gasteiger partial charge in [-0.3, -0.25) is 19.3 Å². The third kappa shape index (κ3) is 6.77. The second-order valence-corrected chi connectivity index (χ2v) is 9.73. The zero-order valence-electron chi connectivity index (χ0n) is 20.1. The summed E-state index contributed by atoms with van der Waals surface area (Å²) in [4.78, 5) is 40.2. The van der Waals surface area contributed by atoms with Crippen molar-refractivity contribution in [3.05, 3.63) is 40.4 Å². The molecule has 1 aromatic heterocycles. The third-order valence-electron chi connectivity index (χ3n) is 5.33. The van der Waals surface area contributed by atoms with Crippen molar-refractivity contribution in [2.24, 2.45) is 17.6 Å². The molecule has 0 radical (unpaired) electrons. The highest BCUT2D eigenvalue weighted by atomic mass is 32.1. The minimum Gasteiger partial charge on any atom is -0.395 e. The summed E-state index contributed by atoms with van der Waals surface area (Å²) in [5, 5.41) is 2.99. The molecule has 0 bridgehead atoms. The summed E-state index contributed by atoms with van der Waals surface area (Å²) in [7, 11) is 0. The van der Waals surface area contributed by atoms with Crippen LogP contribution < -0.4 is 21.7 Å². The summed E-state index contributed by atoms with van der Waals surface area (Å²) < 4.78 is 3.97. The van der Waals surface area contributed by atoms with Gasteiger partial charge in [0.15, 0.2) is 5.69 Å². The lowest BCUT2D eigenvalue weighted by Gasteiger charge is -2.32. The lowest BCUT2D eigenvalue weighted by molar-refractivity contribution is -0.122. The lowest BCUT2D eigenvalue weighted by atomic mass is 9.99. The van der Waals surface area contributed by atoms with Gasteiger partial charge in [-0.15, -0.1) is 0 Å². The first-order valence-electron chi connectivity index (χ1n) is 11.3. The SMILES string of the molecule is CCc1ccc(N(C(=O)c2snc(C(N)=O)c2N)C(CC(C)C)C(=O)NCCC(C)C)cc1. The van der Waals surface area contributed by atoms with Crippen molar-refractivity contribution < 1.29 is 14.4 Å². The number of aryl methyl sites for hydroxylation is 1. The second-order valence-electron chi connectivity index (χ2n) is 8.95.